The average Bonchev–Trinajstić information content (AvgIpc) is 2.54. The molecule has 0 bridgehead atoms. The van der Waals surface area contributed by atoms with Crippen molar-refractivity contribution in [1.29, 1.82) is 0 Å². The van der Waals surface area contributed by atoms with Crippen molar-refractivity contribution in [2.24, 2.45) is 0 Å². The Morgan fingerprint density at radius 1 is 0.833 bits per heavy atom. The number of carbonyl (C=O) groups excluding carboxylic acids is 2. The van der Waals surface area contributed by atoms with Crippen molar-refractivity contribution in [3.8, 4) is 0 Å². The predicted molar refractivity (Wildman–Crippen MR) is 129 cm³/mol. The Morgan fingerprint density at radius 3 is 1.73 bits per heavy atom. The van der Waals surface area contributed by atoms with Crippen LogP contribution in [0.4, 0.5) is 0 Å². The van der Waals surface area contributed by atoms with Crippen LogP contribution >= 0.6 is 0 Å². The largest absolute Gasteiger partial charge is 0.520 e. The number of carbonyl (C=O) groups is 2. The summed E-state index contributed by atoms with van der Waals surface area (Å²) in [6, 6.07) is 0.207. The molecule has 1 unspecified atom stereocenters. The lowest BCUT2D eigenvalue weighted by atomic mass is 10.1. The van der Waals surface area contributed by atoms with Gasteiger partial charge in [0, 0.05) is 13.2 Å². The predicted octanol–water partition coefficient (Wildman–Crippen LogP) is 4.36. The molecule has 0 amide bonds. The van der Waals surface area contributed by atoms with Crippen LogP contribution < -0.4 is 0 Å². The summed E-state index contributed by atoms with van der Waals surface area (Å²) >= 11 is 0. The van der Waals surface area contributed by atoms with Gasteiger partial charge >= 0.3 is 14.5 Å². The molecule has 10 heteroatoms. The molecule has 0 aliphatic rings. The van der Waals surface area contributed by atoms with E-state index in [2.05, 4.69) is 6.55 Å². The Bertz CT molecular complexity index is 528. The van der Waals surface area contributed by atoms with E-state index in [1.165, 1.54) is 0 Å². The van der Waals surface area contributed by atoms with E-state index in [4.69, 9.17) is 17.7 Å². The Hall–Kier alpha value is -0.529. The smallest absolute Gasteiger partial charge is 0.334 e. The molecule has 178 valence electrons. The highest BCUT2D eigenvalue weighted by Crippen LogP contribution is 2.19. The Labute approximate surface area is 187 Å². The zero-order valence-electron chi connectivity index (χ0n) is 20.9. The molecule has 0 spiro atoms. The van der Waals surface area contributed by atoms with Gasteiger partial charge in [-0.2, -0.15) is 0 Å². The molecular formula is C20H45NO6Si3. The first kappa shape index (κ1) is 29.5. The maximum Gasteiger partial charge on any atom is 0.334 e. The van der Waals surface area contributed by atoms with E-state index in [0.29, 0.717) is 26.3 Å². The average molecular weight is 480 g/mol. The van der Waals surface area contributed by atoms with Crippen molar-refractivity contribution in [2.45, 2.75) is 91.5 Å². The second-order valence-electron chi connectivity index (χ2n) is 9.57. The molecule has 0 aromatic rings. The van der Waals surface area contributed by atoms with Crippen LogP contribution in [0.2, 0.25) is 51.9 Å². The first-order chi connectivity index (χ1) is 13.7. The molecule has 0 aliphatic carbocycles. The van der Waals surface area contributed by atoms with Gasteiger partial charge in [0.05, 0.1) is 6.42 Å². The van der Waals surface area contributed by atoms with Crippen LogP contribution in [-0.2, 0) is 27.3 Å². The van der Waals surface area contributed by atoms with Gasteiger partial charge in [-0.25, -0.2) is 0 Å². The normalized spacial score (nSPS) is 14.0. The molecule has 0 rings (SSSR count). The van der Waals surface area contributed by atoms with Gasteiger partial charge in [0.2, 0.25) is 16.6 Å². The third-order valence-electron chi connectivity index (χ3n) is 4.28. The van der Waals surface area contributed by atoms with Gasteiger partial charge in [0.25, 0.3) is 5.97 Å². The fourth-order valence-electron chi connectivity index (χ4n) is 3.21. The lowest BCUT2D eigenvalue weighted by Gasteiger charge is -2.33. The Balaban J connectivity index is 5.30. The zero-order valence-corrected chi connectivity index (χ0v) is 23.9. The van der Waals surface area contributed by atoms with Crippen LogP contribution in [0.25, 0.3) is 0 Å². The molecule has 7 nitrogen and oxygen atoms in total. The van der Waals surface area contributed by atoms with E-state index in [1.807, 2.05) is 65.0 Å². The van der Waals surface area contributed by atoms with Gasteiger partial charge in [-0.1, -0.05) is 6.92 Å². The highest BCUT2D eigenvalue weighted by molar-refractivity contribution is 6.71. The molecule has 0 N–H and O–H groups in total. The molecular weight excluding hydrogens is 434 g/mol. The summed E-state index contributed by atoms with van der Waals surface area (Å²) < 4.78 is 23.2. The number of hydrogen-bond acceptors (Lipinski definition) is 7. The summed E-state index contributed by atoms with van der Waals surface area (Å²) in [6.45, 7) is 22.4. The minimum Gasteiger partial charge on any atom is -0.520 e. The third-order valence-corrected chi connectivity index (χ3v) is 9.00. The second-order valence-corrected chi connectivity index (χ2v) is 21.8. The van der Waals surface area contributed by atoms with Crippen LogP contribution in [0.15, 0.2) is 0 Å². The molecule has 0 aromatic carbocycles. The van der Waals surface area contributed by atoms with Crippen LogP contribution in [0.5, 0.6) is 0 Å². The summed E-state index contributed by atoms with van der Waals surface area (Å²) in [5.74, 6) is -0.647. The highest BCUT2D eigenvalue weighted by atomic mass is 28.4. The van der Waals surface area contributed by atoms with Gasteiger partial charge < -0.3 is 17.7 Å². The van der Waals surface area contributed by atoms with Crippen LogP contribution in [0, 0.1) is 0 Å². The van der Waals surface area contributed by atoms with Crippen molar-refractivity contribution in [3.63, 3.8) is 0 Å². The SMILES string of the molecule is CCO[Si](C)(CCCN(CC)C(CC(=O)O[Si](C)(C)C)C(=O)O[Si](C)(C)C)OCC. The van der Waals surface area contributed by atoms with Crippen molar-refractivity contribution in [2.75, 3.05) is 26.3 Å². The second kappa shape index (κ2) is 13.1. The molecule has 1 atom stereocenters. The van der Waals surface area contributed by atoms with E-state index in [9.17, 15) is 9.59 Å². The molecule has 0 heterocycles. The van der Waals surface area contributed by atoms with E-state index < -0.39 is 31.2 Å². The molecule has 0 aromatic heterocycles. The molecule has 0 saturated carbocycles. The fourth-order valence-corrected chi connectivity index (χ4v) is 7.11. The van der Waals surface area contributed by atoms with E-state index in [-0.39, 0.29) is 18.4 Å². The molecule has 30 heavy (non-hydrogen) atoms. The van der Waals surface area contributed by atoms with Crippen molar-refractivity contribution >= 4 is 37.1 Å². The maximum absolute atomic E-state index is 13.0. The summed E-state index contributed by atoms with van der Waals surface area (Å²) in [4.78, 5) is 27.5. The Kier molecular flexibility index (Phi) is 12.9. The number of nitrogens with zero attached hydrogens (tertiary/aromatic N) is 1. The first-order valence-electron chi connectivity index (χ1n) is 11.1. The van der Waals surface area contributed by atoms with Gasteiger partial charge in [0.15, 0.2) is 0 Å². The summed E-state index contributed by atoms with van der Waals surface area (Å²) in [7, 11) is -6.31. The monoisotopic (exact) mass is 479 g/mol. The van der Waals surface area contributed by atoms with Gasteiger partial charge in [-0.15, -0.1) is 0 Å². The lowest BCUT2D eigenvalue weighted by Crippen LogP contribution is -2.48. The van der Waals surface area contributed by atoms with Gasteiger partial charge in [0.1, 0.15) is 6.04 Å². The van der Waals surface area contributed by atoms with Crippen LogP contribution in [0.1, 0.15) is 33.6 Å². The number of likely N-dealkylation sites (N-methyl/N-ethyl adjacent to an activating group) is 1. The van der Waals surface area contributed by atoms with Crippen molar-refractivity contribution in [1.82, 2.24) is 4.90 Å². The van der Waals surface area contributed by atoms with E-state index >= 15 is 0 Å². The zero-order chi connectivity index (χ0) is 23.6. The van der Waals surface area contributed by atoms with Crippen LogP contribution in [0.3, 0.4) is 0 Å². The standard InChI is InChI=1S/C20H45NO6Si3/c1-11-21(15-14-16-30(10,24-12-2)25-13-3)18(20(23)27-29(7,8)9)17-19(22)26-28(4,5)6/h18H,11-17H2,1-10H3. The summed E-state index contributed by atoms with van der Waals surface area (Å²) in [5, 5.41) is 0. The van der Waals surface area contributed by atoms with Gasteiger partial charge in [-0.05, 0) is 85.2 Å². The quantitative estimate of drug-likeness (QED) is 0.323. The fraction of sp³-hybridized carbons (Fsp3) is 0.900. The summed E-state index contributed by atoms with van der Waals surface area (Å²) in [5.41, 5.74) is 0. The minimum atomic E-state index is -2.22. The number of rotatable bonds is 15. The number of hydrogen-bond donors (Lipinski definition) is 0. The Morgan fingerprint density at radius 2 is 1.33 bits per heavy atom. The van der Waals surface area contributed by atoms with Crippen molar-refractivity contribution in [3.05, 3.63) is 0 Å². The topological polar surface area (TPSA) is 74.3 Å². The lowest BCUT2D eigenvalue weighted by molar-refractivity contribution is -0.147. The van der Waals surface area contributed by atoms with E-state index in [1.54, 1.807) is 0 Å². The molecule has 0 saturated heterocycles. The summed E-state index contributed by atoms with van der Waals surface area (Å²) in [6.07, 6.45) is 0.851. The highest BCUT2D eigenvalue weighted by Gasteiger charge is 2.35. The molecule has 0 fully saturated rings. The van der Waals surface area contributed by atoms with Crippen molar-refractivity contribution < 1.29 is 27.3 Å². The molecule has 0 aliphatic heterocycles. The van der Waals surface area contributed by atoms with Gasteiger partial charge in [-0.3, -0.25) is 14.5 Å². The van der Waals surface area contributed by atoms with E-state index in [0.717, 1.165) is 12.5 Å². The van der Waals surface area contributed by atoms with Crippen LogP contribution in [-0.4, -0.2) is 74.4 Å². The molecule has 0 radical (unpaired) electrons. The third kappa shape index (κ3) is 13.0. The minimum absolute atomic E-state index is 0.0209. The maximum atomic E-state index is 13.0. The first-order valence-corrected chi connectivity index (χ1v) is 20.5.